The lowest BCUT2D eigenvalue weighted by molar-refractivity contribution is -0.0226. The topological polar surface area (TPSA) is 62.1 Å². The molecule has 154 valence electrons. The highest BCUT2D eigenvalue weighted by Gasteiger charge is 2.35. The van der Waals surface area contributed by atoms with E-state index >= 15 is 0 Å². The summed E-state index contributed by atoms with van der Waals surface area (Å²) in [7, 11) is 0. The highest BCUT2D eigenvalue weighted by atomic mass is 35.5. The van der Waals surface area contributed by atoms with Gasteiger partial charge in [0.1, 0.15) is 40.9 Å². The summed E-state index contributed by atoms with van der Waals surface area (Å²) in [6.45, 7) is 2.45. The number of ether oxygens (including phenoxy) is 2. The Labute approximate surface area is 181 Å². The fraction of sp³-hybridized carbons (Fsp3) is 0.286. The Hall–Kier alpha value is -2.48. The first-order valence-electron chi connectivity index (χ1n) is 9.50. The van der Waals surface area contributed by atoms with Crippen LogP contribution in [0.25, 0.3) is 21.9 Å². The molecular weight excluding hydrogens is 430 g/mol. The summed E-state index contributed by atoms with van der Waals surface area (Å²) >= 11 is 12.0. The molecule has 0 saturated carbocycles. The van der Waals surface area contributed by atoms with Crippen molar-refractivity contribution in [3.05, 3.63) is 59.0 Å². The monoisotopic (exact) mass is 446 g/mol. The SMILES string of the molecule is CC1CC(n2cc(F)c3c(Cl)ncnc32)OC1COc1ccc2ccc(Cl)nc2c1. The number of hydrogen-bond acceptors (Lipinski definition) is 5. The fourth-order valence-corrected chi connectivity index (χ4v) is 4.18. The average molecular weight is 447 g/mol. The predicted octanol–water partition coefficient (Wildman–Crippen LogP) is 5.43. The van der Waals surface area contributed by atoms with E-state index in [9.17, 15) is 4.39 Å². The molecule has 1 fully saturated rings. The zero-order valence-corrected chi connectivity index (χ0v) is 17.4. The maximum atomic E-state index is 14.4. The van der Waals surface area contributed by atoms with E-state index in [1.807, 2.05) is 24.3 Å². The normalized spacial score (nSPS) is 21.5. The zero-order valence-electron chi connectivity index (χ0n) is 15.9. The van der Waals surface area contributed by atoms with E-state index < -0.39 is 5.82 Å². The fourth-order valence-electron chi connectivity index (χ4n) is 3.81. The second kappa shape index (κ2) is 7.65. The molecule has 0 bridgehead atoms. The molecule has 4 aromatic rings. The standard InChI is InChI=1S/C21H17Cl2FN4O2/c1-11-6-18(28-8-14(24)19-20(23)25-10-26-21(19)28)30-16(11)9-29-13-4-2-12-3-5-17(22)27-15(12)7-13/h2-5,7-8,10-11,16,18H,6,9H2,1H3. The lowest BCUT2D eigenvalue weighted by Gasteiger charge is -2.17. The second-order valence-electron chi connectivity index (χ2n) is 7.39. The van der Waals surface area contributed by atoms with Crippen molar-refractivity contribution in [2.75, 3.05) is 6.61 Å². The van der Waals surface area contributed by atoms with Crippen LogP contribution in [0.5, 0.6) is 5.75 Å². The zero-order chi connectivity index (χ0) is 20.8. The smallest absolute Gasteiger partial charge is 0.153 e. The van der Waals surface area contributed by atoms with Gasteiger partial charge in [0.05, 0.1) is 17.0 Å². The van der Waals surface area contributed by atoms with Gasteiger partial charge in [-0.1, -0.05) is 30.1 Å². The van der Waals surface area contributed by atoms with E-state index in [0.29, 0.717) is 29.6 Å². The van der Waals surface area contributed by atoms with Gasteiger partial charge in [-0.15, -0.1) is 0 Å². The Morgan fingerprint density at radius 3 is 2.93 bits per heavy atom. The van der Waals surface area contributed by atoms with Crippen LogP contribution in [-0.4, -0.2) is 32.2 Å². The second-order valence-corrected chi connectivity index (χ2v) is 8.13. The highest BCUT2D eigenvalue weighted by Crippen LogP contribution is 2.37. The first-order valence-corrected chi connectivity index (χ1v) is 10.3. The van der Waals surface area contributed by atoms with E-state index in [1.54, 1.807) is 10.6 Å². The number of aromatic nitrogens is 4. The molecule has 3 aromatic heterocycles. The van der Waals surface area contributed by atoms with Gasteiger partial charge < -0.3 is 14.0 Å². The van der Waals surface area contributed by atoms with Gasteiger partial charge in [-0.05, 0) is 36.6 Å². The van der Waals surface area contributed by atoms with Gasteiger partial charge in [0.2, 0.25) is 0 Å². The van der Waals surface area contributed by atoms with Crippen molar-refractivity contribution in [2.24, 2.45) is 5.92 Å². The van der Waals surface area contributed by atoms with Crippen molar-refractivity contribution in [2.45, 2.75) is 25.7 Å². The number of nitrogens with zero attached hydrogens (tertiary/aromatic N) is 4. The predicted molar refractivity (Wildman–Crippen MR) is 112 cm³/mol. The molecule has 0 spiro atoms. The molecule has 9 heteroatoms. The van der Waals surface area contributed by atoms with E-state index in [2.05, 4.69) is 21.9 Å². The van der Waals surface area contributed by atoms with Crippen molar-refractivity contribution >= 4 is 45.1 Å². The van der Waals surface area contributed by atoms with E-state index in [0.717, 1.165) is 10.9 Å². The average Bonchev–Trinajstić information content (AvgIpc) is 3.26. The molecule has 0 radical (unpaired) electrons. The molecule has 6 nitrogen and oxygen atoms in total. The van der Waals surface area contributed by atoms with Gasteiger partial charge in [0.15, 0.2) is 5.82 Å². The number of rotatable bonds is 4. The maximum absolute atomic E-state index is 14.4. The minimum absolute atomic E-state index is 0.0900. The van der Waals surface area contributed by atoms with Crippen LogP contribution in [0.15, 0.2) is 42.9 Å². The minimum Gasteiger partial charge on any atom is -0.491 e. The Morgan fingerprint density at radius 2 is 2.07 bits per heavy atom. The number of fused-ring (bicyclic) bond motifs is 2. The molecule has 30 heavy (non-hydrogen) atoms. The lowest BCUT2D eigenvalue weighted by Crippen LogP contribution is -2.23. The number of benzene rings is 1. The molecular formula is C21H17Cl2FN4O2. The third-order valence-corrected chi connectivity index (χ3v) is 5.91. The molecule has 1 aliphatic rings. The Bertz CT molecular complexity index is 1250. The van der Waals surface area contributed by atoms with Gasteiger partial charge in [0.25, 0.3) is 0 Å². The van der Waals surface area contributed by atoms with Crippen molar-refractivity contribution in [3.8, 4) is 5.75 Å². The molecule has 3 unspecified atom stereocenters. The number of pyridine rings is 1. The van der Waals surface area contributed by atoms with Crippen molar-refractivity contribution < 1.29 is 13.9 Å². The van der Waals surface area contributed by atoms with E-state index in [4.69, 9.17) is 32.7 Å². The summed E-state index contributed by atoms with van der Waals surface area (Å²) in [6, 6.07) is 9.35. The van der Waals surface area contributed by atoms with Crippen LogP contribution in [0.2, 0.25) is 10.3 Å². The first-order chi connectivity index (χ1) is 14.5. The van der Waals surface area contributed by atoms with Crippen LogP contribution in [0.3, 0.4) is 0 Å². The summed E-state index contributed by atoms with van der Waals surface area (Å²) in [5.74, 6) is 0.434. The van der Waals surface area contributed by atoms with Crippen LogP contribution in [0, 0.1) is 11.7 Å². The summed E-state index contributed by atoms with van der Waals surface area (Å²) in [5, 5.41) is 1.72. The van der Waals surface area contributed by atoms with Gasteiger partial charge in [0, 0.05) is 17.6 Å². The molecule has 3 atom stereocenters. The maximum Gasteiger partial charge on any atom is 0.153 e. The molecule has 0 aliphatic carbocycles. The Balaban J connectivity index is 1.32. The molecule has 1 saturated heterocycles. The molecule has 5 rings (SSSR count). The molecule has 1 aliphatic heterocycles. The van der Waals surface area contributed by atoms with E-state index in [1.165, 1.54) is 12.5 Å². The van der Waals surface area contributed by atoms with Crippen molar-refractivity contribution in [1.82, 2.24) is 19.5 Å². The summed E-state index contributed by atoms with van der Waals surface area (Å²) in [5.41, 5.74) is 1.19. The molecule has 1 aromatic carbocycles. The largest absolute Gasteiger partial charge is 0.491 e. The Morgan fingerprint density at radius 1 is 1.23 bits per heavy atom. The van der Waals surface area contributed by atoms with Gasteiger partial charge in [-0.2, -0.15) is 0 Å². The van der Waals surface area contributed by atoms with Crippen LogP contribution in [-0.2, 0) is 4.74 Å². The van der Waals surface area contributed by atoms with Crippen molar-refractivity contribution in [3.63, 3.8) is 0 Å². The quantitative estimate of drug-likeness (QED) is 0.309. The molecule has 0 amide bonds. The highest BCUT2D eigenvalue weighted by molar-refractivity contribution is 6.34. The molecule has 0 N–H and O–H groups in total. The Kier molecular flexibility index (Phi) is 4.97. The number of hydrogen-bond donors (Lipinski definition) is 0. The van der Waals surface area contributed by atoms with E-state index in [-0.39, 0.29) is 28.8 Å². The van der Waals surface area contributed by atoms with Crippen LogP contribution in [0.4, 0.5) is 4.39 Å². The van der Waals surface area contributed by atoms with Gasteiger partial charge >= 0.3 is 0 Å². The van der Waals surface area contributed by atoms with Crippen LogP contribution >= 0.6 is 23.2 Å². The van der Waals surface area contributed by atoms with Gasteiger partial charge in [-0.25, -0.2) is 19.3 Å². The third-order valence-electron chi connectivity index (χ3n) is 5.41. The van der Waals surface area contributed by atoms with Crippen molar-refractivity contribution in [1.29, 1.82) is 0 Å². The van der Waals surface area contributed by atoms with Gasteiger partial charge in [-0.3, -0.25) is 0 Å². The summed E-state index contributed by atoms with van der Waals surface area (Å²) in [4.78, 5) is 12.4. The summed E-state index contributed by atoms with van der Waals surface area (Å²) in [6.07, 6.45) is 2.87. The molecule has 4 heterocycles. The van der Waals surface area contributed by atoms with Crippen LogP contribution in [0.1, 0.15) is 19.6 Å². The third kappa shape index (κ3) is 3.47. The first kappa shape index (κ1) is 19.5. The number of halogens is 3. The lowest BCUT2D eigenvalue weighted by atomic mass is 10.0. The van der Waals surface area contributed by atoms with Crippen LogP contribution < -0.4 is 4.74 Å². The summed E-state index contributed by atoms with van der Waals surface area (Å²) < 4.78 is 28.2. The minimum atomic E-state index is -0.464.